The van der Waals surface area contributed by atoms with Gasteiger partial charge in [-0.3, -0.25) is 9.48 Å². The van der Waals surface area contributed by atoms with Gasteiger partial charge in [-0.15, -0.1) is 0 Å². The summed E-state index contributed by atoms with van der Waals surface area (Å²) >= 11 is 0. The third kappa shape index (κ3) is 4.80. The predicted octanol–water partition coefficient (Wildman–Crippen LogP) is 4.74. The first-order valence-corrected chi connectivity index (χ1v) is 9.43. The quantitative estimate of drug-likeness (QED) is 0.435. The number of hydrogen-bond donors (Lipinski definition) is 0. The van der Waals surface area contributed by atoms with E-state index in [1.165, 1.54) is 0 Å². The predicted molar refractivity (Wildman–Crippen MR) is 113 cm³/mol. The molecular formula is C24H23N3O2. The second-order valence-electron chi connectivity index (χ2n) is 7.04. The van der Waals surface area contributed by atoms with E-state index >= 15 is 0 Å². The molecule has 0 fully saturated rings. The molecule has 146 valence electrons. The highest BCUT2D eigenvalue weighted by molar-refractivity contribution is 6.04. The molecule has 0 radical (unpaired) electrons. The maximum absolute atomic E-state index is 12.4. The largest absolute Gasteiger partial charge is 0.497 e. The number of allylic oxidation sites excluding steroid dienone is 1. The average molecular weight is 385 g/mol. The van der Waals surface area contributed by atoms with Gasteiger partial charge in [0.25, 0.3) is 0 Å². The van der Waals surface area contributed by atoms with Crippen LogP contribution < -0.4 is 4.74 Å². The Kier molecular flexibility index (Phi) is 6.25. The second-order valence-corrected chi connectivity index (χ2v) is 7.04. The number of Topliss-reactive ketones (excluding diaryl/α,β-unsaturated/α-hetero) is 1. The van der Waals surface area contributed by atoms with Gasteiger partial charge in [0.2, 0.25) is 0 Å². The van der Waals surface area contributed by atoms with Crippen molar-refractivity contribution in [2.24, 2.45) is 5.92 Å². The molecule has 0 bridgehead atoms. The van der Waals surface area contributed by atoms with E-state index < -0.39 is 0 Å². The van der Waals surface area contributed by atoms with Crippen LogP contribution >= 0.6 is 0 Å². The van der Waals surface area contributed by atoms with Crippen LogP contribution in [-0.2, 0) is 11.3 Å². The summed E-state index contributed by atoms with van der Waals surface area (Å²) in [4.78, 5) is 12.4. The molecule has 5 heteroatoms. The summed E-state index contributed by atoms with van der Waals surface area (Å²) < 4.78 is 7.16. The third-order valence-corrected chi connectivity index (χ3v) is 4.53. The fourth-order valence-corrected chi connectivity index (χ4v) is 3.01. The molecule has 0 amide bonds. The van der Waals surface area contributed by atoms with E-state index in [-0.39, 0.29) is 17.3 Å². The van der Waals surface area contributed by atoms with Crippen LogP contribution in [0.5, 0.6) is 5.75 Å². The van der Waals surface area contributed by atoms with Crippen LogP contribution in [0.1, 0.15) is 25.0 Å². The van der Waals surface area contributed by atoms with Crippen molar-refractivity contribution >= 4 is 11.9 Å². The number of nitrogens with zero attached hydrogens (tertiary/aromatic N) is 3. The highest BCUT2D eigenvalue weighted by Crippen LogP contribution is 2.28. The van der Waals surface area contributed by atoms with E-state index in [0.717, 1.165) is 16.7 Å². The lowest BCUT2D eigenvalue weighted by molar-refractivity contribution is -0.117. The first-order chi connectivity index (χ1) is 14.0. The molecular weight excluding hydrogens is 362 g/mol. The Morgan fingerprint density at radius 3 is 2.62 bits per heavy atom. The molecule has 0 N–H and O–H groups in total. The molecule has 0 saturated carbocycles. The number of ketones is 1. The van der Waals surface area contributed by atoms with Gasteiger partial charge >= 0.3 is 0 Å². The Labute approximate surface area is 170 Å². The summed E-state index contributed by atoms with van der Waals surface area (Å²) in [6.07, 6.45) is 3.50. The summed E-state index contributed by atoms with van der Waals surface area (Å²) in [5.74, 6) is 0.286. The maximum atomic E-state index is 12.4. The van der Waals surface area contributed by atoms with Gasteiger partial charge in [-0.2, -0.15) is 10.4 Å². The third-order valence-electron chi connectivity index (χ3n) is 4.53. The summed E-state index contributed by atoms with van der Waals surface area (Å²) in [5.41, 5.74) is 3.52. The van der Waals surface area contributed by atoms with Crippen molar-refractivity contribution in [2.75, 3.05) is 7.11 Å². The Morgan fingerprint density at radius 1 is 1.21 bits per heavy atom. The molecule has 1 aromatic heterocycles. The first kappa shape index (κ1) is 20.1. The summed E-state index contributed by atoms with van der Waals surface area (Å²) in [6.45, 7) is 4.16. The molecule has 0 atom stereocenters. The van der Waals surface area contributed by atoms with Gasteiger partial charge in [0.15, 0.2) is 5.78 Å². The number of ether oxygens (including phenoxy) is 1. The minimum Gasteiger partial charge on any atom is -0.497 e. The monoisotopic (exact) mass is 385 g/mol. The maximum Gasteiger partial charge on any atom is 0.175 e. The molecule has 0 aliphatic carbocycles. The lowest BCUT2D eigenvalue weighted by atomic mass is 9.99. The van der Waals surface area contributed by atoms with Crippen LogP contribution in [-0.4, -0.2) is 22.7 Å². The molecule has 2 aromatic carbocycles. The van der Waals surface area contributed by atoms with Gasteiger partial charge in [0.05, 0.1) is 24.9 Å². The highest BCUT2D eigenvalue weighted by Gasteiger charge is 2.17. The molecule has 1 heterocycles. The van der Waals surface area contributed by atoms with Gasteiger partial charge < -0.3 is 4.74 Å². The fourth-order valence-electron chi connectivity index (χ4n) is 3.01. The van der Waals surface area contributed by atoms with Gasteiger partial charge in [0, 0.05) is 23.2 Å². The van der Waals surface area contributed by atoms with E-state index in [1.54, 1.807) is 27.0 Å². The number of benzene rings is 2. The normalized spacial score (nSPS) is 11.3. The van der Waals surface area contributed by atoms with E-state index in [4.69, 9.17) is 9.84 Å². The zero-order valence-electron chi connectivity index (χ0n) is 16.8. The number of methoxy groups -OCH3 is 1. The molecule has 3 rings (SSSR count). The smallest absolute Gasteiger partial charge is 0.175 e. The summed E-state index contributed by atoms with van der Waals surface area (Å²) in [6, 6.07) is 19.6. The van der Waals surface area contributed by atoms with Crippen LogP contribution in [0.2, 0.25) is 0 Å². The summed E-state index contributed by atoms with van der Waals surface area (Å²) in [5, 5.41) is 14.2. The number of carbonyl (C=O) groups excluding carboxylic acids is 1. The van der Waals surface area contributed by atoms with Crippen molar-refractivity contribution in [1.82, 2.24) is 9.78 Å². The molecule has 3 aromatic rings. The Bertz CT molecular complexity index is 1070. The minimum absolute atomic E-state index is 0.128. The van der Waals surface area contributed by atoms with Crippen molar-refractivity contribution in [3.05, 3.63) is 77.5 Å². The Balaban J connectivity index is 2.09. The zero-order valence-corrected chi connectivity index (χ0v) is 16.8. The van der Waals surface area contributed by atoms with Crippen molar-refractivity contribution in [3.8, 4) is 23.1 Å². The molecule has 0 aliphatic heterocycles. The van der Waals surface area contributed by atoms with Crippen LogP contribution in [0, 0.1) is 17.2 Å². The molecule has 29 heavy (non-hydrogen) atoms. The molecule has 0 saturated heterocycles. The van der Waals surface area contributed by atoms with Gasteiger partial charge in [-0.1, -0.05) is 56.3 Å². The van der Waals surface area contributed by atoms with Gasteiger partial charge in [-0.25, -0.2) is 0 Å². The van der Waals surface area contributed by atoms with E-state index in [9.17, 15) is 10.1 Å². The lowest BCUT2D eigenvalue weighted by Gasteiger charge is -2.04. The number of hydrogen-bond acceptors (Lipinski definition) is 4. The number of rotatable bonds is 7. The average Bonchev–Trinajstić information content (AvgIpc) is 3.14. The molecule has 5 nitrogen and oxygen atoms in total. The van der Waals surface area contributed by atoms with Crippen molar-refractivity contribution in [2.45, 2.75) is 20.4 Å². The molecule has 0 aliphatic rings. The molecule has 0 unspecified atom stereocenters. The Hall–Kier alpha value is -3.65. The van der Waals surface area contributed by atoms with Gasteiger partial charge in [0.1, 0.15) is 11.8 Å². The molecule has 0 spiro atoms. The number of nitriles is 1. The number of carbonyl (C=O) groups is 1. The zero-order chi connectivity index (χ0) is 20.8. The van der Waals surface area contributed by atoms with E-state index in [0.29, 0.717) is 18.0 Å². The SMILES string of the molecule is COc1cccc(-c2nn(Cc3ccccc3)cc2C=C(C#N)C(=O)C(C)C)c1. The van der Waals surface area contributed by atoms with Crippen molar-refractivity contribution in [1.29, 1.82) is 5.26 Å². The summed E-state index contributed by atoms with van der Waals surface area (Å²) in [7, 11) is 1.61. The van der Waals surface area contributed by atoms with Crippen LogP contribution in [0.3, 0.4) is 0 Å². The van der Waals surface area contributed by atoms with E-state index in [1.807, 2.05) is 71.5 Å². The van der Waals surface area contributed by atoms with Crippen molar-refractivity contribution in [3.63, 3.8) is 0 Å². The Morgan fingerprint density at radius 2 is 1.97 bits per heavy atom. The minimum atomic E-state index is -0.250. The second kappa shape index (κ2) is 9.03. The van der Waals surface area contributed by atoms with E-state index in [2.05, 4.69) is 0 Å². The first-order valence-electron chi connectivity index (χ1n) is 9.43. The number of aromatic nitrogens is 2. The standard InChI is InChI=1S/C24H23N3O2/c1-17(2)24(28)20(14-25)12-21-16-27(15-18-8-5-4-6-9-18)26-23(21)19-10-7-11-22(13-19)29-3/h4-13,16-17H,15H2,1-3H3. The topological polar surface area (TPSA) is 67.9 Å². The van der Waals surface area contributed by atoms with Gasteiger partial charge in [-0.05, 0) is 23.8 Å². The van der Waals surface area contributed by atoms with Crippen LogP contribution in [0.15, 0.2) is 66.4 Å². The highest BCUT2D eigenvalue weighted by atomic mass is 16.5. The van der Waals surface area contributed by atoms with Crippen LogP contribution in [0.25, 0.3) is 17.3 Å². The lowest BCUT2D eigenvalue weighted by Crippen LogP contribution is -2.08. The fraction of sp³-hybridized carbons (Fsp3) is 0.208. The van der Waals surface area contributed by atoms with Crippen LogP contribution in [0.4, 0.5) is 0 Å². The van der Waals surface area contributed by atoms with Crippen molar-refractivity contribution < 1.29 is 9.53 Å².